The van der Waals surface area contributed by atoms with Crippen molar-refractivity contribution < 1.29 is 19.4 Å². The Morgan fingerprint density at radius 3 is 2.52 bits per heavy atom. The number of pyridine rings is 1. The lowest BCUT2D eigenvalue weighted by atomic mass is 9.95. The van der Waals surface area contributed by atoms with E-state index in [1.807, 2.05) is 25.1 Å². The second kappa shape index (κ2) is 8.24. The molecule has 7 heteroatoms. The molecule has 2 aromatic carbocycles. The minimum Gasteiger partial charge on any atom is -0.507 e. The first-order valence-corrected chi connectivity index (χ1v) is 9.91. The van der Waals surface area contributed by atoms with Crippen molar-refractivity contribution in [2.24, 2.45) is 0 Å². The summed E-state index contributed by atoms with van der Waals surface area (Å²) in [7, 11) is 1.49. The van der Waals surface area contributed by atoms with E-state index in [1.54, 1.807) is 42.7 Å². The highest BCUT2D eigenvalue weighted by Gasteiger charge is 2.47. The predicted octanol–water partition coefficient (Wildman–Crippen LogP) is 4.68. The molecule has 1 aromatic heterocycles. The van der Waals surface area contributed by atoms with Gasteiger partial charge >= 0.3 is 0 Å². The van der Waals surface area contributed by atoms with Crippen LogP contribution in [0.1, 0.15) is 22.7 Å². The van der Waals surface area contributed by atoms with Crippen LogP contribution in [0.4, 0.5) is 5.69 Å². The monoisotopic (exact) mass is 434 g/mol. The molecule has 1 aliphatic rings. The van der Waals surface area contributed by atoms with Gasteiger partial charge in [0.15, 0.2) is 0 Å². The van der Waals surface area contributed by atoms with Crippen LogP contribution in [0.3, 0.4) is 0 Å². The summed E-state index contributed by atoms with van der Waals surface area (Å²) in [6.07, 6.45) is 3.15. The largest absolute Gasteiger partial charge is 0.507 e. The van der Waals surface area contributed by atoms with E-state index < -0.39 is 17.7 Å². The average Bonchev–Trinajstić information content (AvgIpc) is 3.05. The molecule has 156 valence electrons. The number of halogens is 1. The van der Waals surface area contributed by atoms with Gasteiger partial charge in [-0.05, 0) is 60.5 Å². The standard InChI is InChI=1S/C24H19ClN2O4/c1-14-4-3-5-16(12-14)27-21(15-8-10-26-11-9-15)20(23(29)24(27)30)22(28)18-13-17(31-2)6-7-19(18)25/h3-13,21,28H,1-2H3/b22-20+. The number of hydrogen-bond acceptors (Lipinski definition) is 5. The number of benzene rings is 2. The van der Waals surface area contributed by atoms with Crippen LogP contribution in [0.15, 0.2) is 72.6 Å². The number of nitrogens with zero attached hydrogens (tertiary/aromatic N) is 2. The first kappa shape index (κ1) is 20.6. The molecule has 0 aliphatic carbocycles. The third kappa shape index (κ3) is 3.66. The van der Waals surface area contributed by atoms with E-state index in [0.717, 1.165) is 5.56 Å². The van der Waals surface area contributed by atoms with E-state index in [1.165, 1.54) is 18.1 Å². The summed E-state index contributed by atoms with van der Waals surface area (Å²) in [5.41, 5.74) is 2.29. The number of anilines is 1. The highest BCUT2D eigenvalue weighted by atomic mass is 35.5. The molecule has 3 aromatic rings. The smallest absolute Gasteiger partial charge is 0.300 e. The lowest BCUT2D eigenvalue weighted by molar-refractivity contribution is -0.132. The Kier molecular flexibility index (Phi) is 5.48. The van der Waals surface area contributed by atoms with Crippen molar-refractivity contribution in [3.63, 3.8) is 0 Å². The molecule has 1 unspecified atom stereocenters. The zero-order valence-electron chi connectivity index (χ0n) is 16.9. The van der Waals surface area contributed by atoms with Gasteiger partial charge in [-0.25, -0.2) is 0 Å². The first-order valence-electron chi connectivity index (χ1n) is 9.54. The number of ketones is 1. The fraction of sp³-hybridized carbons (Fsp3) is 0.125. The summed E-state index contributed by atoms with van der Waals surface area (Å²) in [6, 6.07) is 14.6. The van der Waals surface area contributed by atoms with E-state index in [2.05, 4.69) is 4.98 Å². The number of aryl methyl sites for hydroxylation is 1. The van der Waals surface area contributed by atoms with Gasteiger partial charge < -0.3 is 9.84 Å². The van der Waals surface area contributed by atoms with Crippen molar-refractivity contribution >= 4 is 34.7 Å². The highest BCUT2D eigenvalue weighted by Crippen LogP contribution is 2.43. The molecular weight excluding hydrogens is 416 g/mol. The van der Waals surface area contributed by atoms with Crippen LogP contribution in [0.2, 0.25) is 5.02 Å². The van der Waals surface area contributed by atoms with E-state index in [-0.39, 0.29) is 21.9 Å². The number of hydrogen-bond donors (Lipinski definition) is 1. The van der Waals surface area contributed by atoms with Crippen LogP contribution < -0.4 is 9.64 Å². The molecule has 1 fully saturated rings. The van der Waals surface area contributed by atoms with Gasteiger partial charge in [0.2, 0.25) is 0 Å². The second-order valence-electron chi connectivity index (χ2n) is 7.13. The number of aliphatic hydroxyl groups is 1. The van der Waals surface area contributed by atoms with Crippen molar-refractivity contribution in [1.29, 1.82) is 0 Å². The molecule has 31 heavy (non-hydrogen) atoms. The highest BCUT2D eigenvalue weighted by molar-refractivity contribution is 6.52. The Balaban J connectivity index is 1.97. The molecular formula is C24H19ClN2O4. The maximum atomic E-state index is 13.1. The normalized spacial score (nSPS) is 17.8. The quantitative estimate of drug-likeness (QED) is 0.366. The molecule has 0 bridgehead atoms. The lowest BCUT2D eigenvalue weighted by Crippen LogP contribution is -2.29. The topological polar surface area (TPSA) is 79.7 Å². The third-order valence-corrected chi connectivity index (χ3v) is 5.50. The molecule has 0 saturated carbocycles. The molecule has 1 N–H and O–H groups in total. The molecule has 4 rings (SSSR count). The molecule has 1 saturated heterocycles. The number of ether oxygens (including phenoxy) is 1. The maximum Gasteiger partial charge on any atom is 0.300 e. The molecule has 0 radical (unpaired) electrons. The van der Waals surface area contributed by atoms with Crippen molar-refractivity contribution in [1.82, 2.24) is 4.98 Å². The SMILES string of the molecule is COc1ccc(Cl)c(/C(O)=C2\C(=O)C(=O)N(c3cccc(C)c3)C2c2ccncc2)c1. The Morgan fingerprint density at radius 1 is 1.10 bits per heavy atom. The Morgan fingerprint density at radius 2 is 1.84 bits per heavy atom. The van der Waals surface area contributed by atoms with Crippen molar-refractivity contribution in [3.05, 3.63) is 94.3 Å². The molecule has 0 spiro atoms. The number of carbonyl (C=O) groups is 2. The van der Waals surface area contributed by atoms with Crippen LogP contribution in [0.25, 0.3) is 5.76 Å². The Bertz CT molecular complexity index is 1210. The van der Waals surface area contributed by atoms with Crippen LogP contribution in [0, 0.1) is 6.92 Å². The fourth-order valence-electron chi connectivity index (χ4n) is 3.70. The van der Waals surface area contributed by atoms with Crippen molar-refractivity contribution in [2.45, 2.75) is 13.0 Å². The van der Waals surface area contributed by atoms with E-state index in [0.29, 0.717) is 17.0 Å². The van der Waals surface area contributed by atoms with Gasteiger partial charge in [0.25, 0.3) is 11.7 Å². The van der Waals surface area contributed by atoms with Crippen LogP contribution >= 0.6 is 11.6 Å². The van der Waals surface area contributed by atoms with Crippen molar-refractivity contribution in [2.75, 3.05) is 12.0 Å². The minimum absolute atomic E-state index is 0.0483. The number of amides is 1. The third-order valence-electron chi connectivity index (χ3n) is 5.17. The minimum atomic E-state index is -0.841. The Labute approximate surface area is 184 Å². The summed E-state index contributed by atoms with van der Waals surface area (Å²) in [6.45, 7) is 1.90. The molecule has 1 amide bonds. The van der Waals surface area contributed by atoms with Gasteiger partial charge in [-0.15, -0.1) is 0 Å². The van der Waals surface area contributed by atoms with E-state index >= 15 is 0 Å². The number of methoxy groups -OCH3 is 1. The van der Waals surface area contributed by atoms with Gasteiger partial charge in [0.1, 0.15) is 11.5 Å². The number of aliphatic hydroxyl groups excluding tert-OH is 1. The first-order chi connectivity index (χ1) is 14.9. The number of rotatable bonds is 4. The van der Waals surface area contributed by atoms with E-state index in [9.17, 15) is 14.7 Å². The molecule has 2 heterocycles. The number of Topliss-reactive ketones (excluding diaryl/α,β-unsaturated/α-hetero) is 1. The van der Waals surface area contributed by atoms with Crippen LogP contribution in [0.5, 0.6) is 5.75 Å². The van der Waals surface area contributed by atoms with Gasteiger partial charge in [-0.3, -0.25) is 19.5 Å². The Hall–Kier alpha value is -3.64. The van der Waals surface area contributed by atoms with Crippen LogP contribution in [-0.2, 0) is 9.59 Å². The zero-order chi connectivity index (χ0) is 22.1. The summed E-state index contributed by atoms with van der Waals surface area (Å²) in [5, 5.41) is 11.4. The summed E-state index contributed by atoms with van der Waals surface area (Å²) in [5.74, 6) is -1.42. The maximum absolute atomic E-state index is 13.1. The van der Waals surface area contributed by atoms with E-state index in [4.69, 9.17) is 16.3 Å². The van der Waals surface area contributed by atoms with Gasteiger partial charge in [-0.1, -0.05) is 23.7 Å². The van der Waals surface area contributed by atoms with Gasteiger partial charge in [0, 0.05) is 23.6 Å². The zero-order valence-corrected chi connectivity index (χ0v) is 17.6. The number of carbonyl (C=O) groups excluding carboxylic acids is 2. The number of aromatic nitrogens is 1. The van der Waals surface area contributed by atoms with Crippen LogP contribution in [-0.4, -0.2) is 28.9 Å². The second-order valence-corrected chi connectivity index (χ2v) is 7.54. The van der Waals surface area contributed by atoms with Crippen molar-refractivity contribution in [3.8, 4) is 5.75 Å². The predicted molar refractivity (Wildman–Crippen MR) is 118 cm³/mol. The molecule has 1 atom stereocenters. The summed E-state index contributed by atoms with van der Waals surface area (Å²) >= 11 is 6.31. The summed E-state index contributed by atoms with van der Waals surface area (Å²) in [4.78, 5) is 31.7. The fourth-order valence-corrected chi connectivity index (χ4v) is 3.90. The van der Waals surface area contributed by atoms with Gasteiger partial charge in [0.05, 0.1) is 23.7 Å². The molecule has 6 nitrogen and oxygen atoms in total. The lowest BCUT2D eigenvalue weighted by Gasteiger charge is -2.25. The van der Waals surface area contributed by atoms with Gasteiger partial charge in [-0.2, -0.15) is 0 Å². The average molecular weight is 435 g/mol. The summed E-state index contributed by atoms with van der Waals surface area (Å²) < 4.78 is 5.22. The molecule has 1 aliphatic heterocycles.